The van der Waals surface area contributed by atoms with Gasteiger partial charge < -0.3 is 0 Å². The van der Waals surface area contributed by atoms with Gasteiger partial charge in [-0.1, -0.05) is 6.92 Å². The lowest BCUT2D eigenvalue weighted by Crippen LogP contribution is -1.94. The third kappa shape index (κ3) is 5.01. The van der Waals surface area contributed by atoms with Gasteiger partial charge in [0.25, 0.3) is 0 Å². The van der Waals surface area contributed by atoms with Crippen LogP contribution in [0.3, 0.4) is 0 Å². The van der Waals surface area contributed by atoms with Crippen molar-refractivity contribution in [2.45, 2.75) is 19.8 Å². The smallest absolute Gasteiger partial charge is 0.0379 e. The molecule has 0 aromatic carbocycles. The Morgan fingerprint density at radius 1 is 1.12 bits per heavy atom. The van der Waals surface area contributed by atoms with Crippen LogP contribution < -0.4 is 0 Å². The van der Waals surface area contributed by atoms with Crippen LogP contribution in [0.25, 0.3) is 0 Å². The molecule has 0 rings (SSSR count). The molecule has 0 N–H and O–H groups in total. The van der Waals surface area contributed by atoms with E-state index in [2.05, 4.69) is 25.4 Å². The van der Waals surface area contributed by atoms with Crippen molar-refractivity contribution >= 4 is 18.5 Å². The summed E-state index contributed by atoms with van der Waals surface area (Å²) in [5, 5.41) is 0. The average Bonchev–Trinajstić information content (AvgIpc) is 1.68. The second-order valence-corrected chi connectivity index (χ2v) is 3.41. The lowest BCUT2D eigenvalue weighted by molar-refractivity contribution is 0.553. The Morgan fingerprint density at radius 2 is 1.50 bits per heavy atom. The summed E-state index contributed by atoms with van der Waals surface area (Å²) in [6.07, 6.45) is 5.23. The topological polar surface area (TPSA) is 0 Å². The maximum Gasteiger partial charge on any atom is -0.0379 e. The van der Waals surface area contributed by atoms with Crippen LogP contribution in [0.4, 0.5) is 0 Å². The monoisotopic (exact) mass is 150 g/mol. The second kappa shape index (κ2) is 5.99. The van der Waals surface area contributed by atoms with E-state index in [1.807, 2.05) is 0 Å². The summed E-state index contributed by atoms with van der Waals surface area (Å²) < 4.78 is 0. The molecule has 0 bridgehead atoms. The van der Waals surface area contributed by atoms with Gasteiger partial charge in [0.15, 0.2) is 0 Å². The highest BCUT2D eigenvalue weighted by molar-refractivity contribution is 7.16. The van der Waals surface area contributed by atoms with E-state index in [1.54, 1.807) is 0 Å². The van der Waals surface area contributed by atoms with E-state index >= 15 is 0 Å². The molecular formula is C6H16P2. The Balaban J connectivity index is 2.92. The summed E-state index contributed by atoms with van der Waals surface area (Å²) in [6.45, 7) is 2.31. The summed E-state index contributed by atoms with van der Waals surface area (Å²) in [5.74, 6) is 0.921. The molecule has 0 aliphatic carbocycles. The highest BCUT2D eigenvalue weighted by Crippen LogP contribution is 2.09. The minimum absolute atomic E-state index is 0.921. The summed E-state index contributed by atoms with van der Waals surface area (Å²) >= 11 is 0. The molecule has 0 aromatic heterocycles. The number of hydrogen-bond donors (Lipinski definition) is 0. The van der Waals surface area contributed by atoms with Crippen molar-refractivity contribution in [3.05, 3.63) is 0 Å². The van der Waals surface area contributed by atoms with Crippen LogP contribution in [0.2, 0.25) is 0 Å². The van der Waals surface area contributed by atoms with E-state index in [1.165, 1.54) is 25.2 Å². The van der Waals surface area contributed by atoms with Gasteiger partial charge >= 0.3 is 0 Å². The molecule has 8 heavy (non-hydrogen) atoms. The number of hydrogen-bond acceptors (Lipinski definition) is 0. The fraction of sp³-hybridized carbons (Fsp3) is 1.00. The van der Waals surface area contributed by atoms with Crippen molar-refractivity contribution in [3.8, 4) is 0 Å². The lowest BCUT2D eigenvalue weighted by atomic mass is 10.1. The number of rotatable bonds is 4. The molecule has 0 aliphatic rings. The zero-order chi connectivity index (χ0) is 6.41. The Hall–Kier alpha value is 0.860. The van der Waals surface area contributed by atoms with Crippen LogP contribution in [0.15, 0.2) is 0 Å². The highest BCUT2D eigenvalue weighted by Gasteiger charge is 1.95. The van der Waals surface area contributed by atoms with E-state index in [9.17, 15) is 0 Å². The zero-order valence-electron chi connectivity index (χ0n) is 5.56. The predicted molar refractivity (Wildman–Crippen MR) is 47.6 cm³/mol. The van der Waals surface area contributed by atoms with Gasteiger partial charge in [0.05, 0.1) is 0 Å². The Labute approximate surface area is 57.2 Å². The molecule has 0 fully saturated rings. The maximum absolute atomic E-state index is 2.77. The van der Waals surface area contributed by atoms with Gasteiger partial charge in [-0.3, -0.25) is 0 Å². The van der Waals surface area contributed by atoms with Crippen molar-refractivity contribution < 1.29 is 0 Å². The predicted octanol–water partition coefficient (Wildman–Crippen LogP) is 2.15. The minimum Gasteiger partial charge on any atom is -0.138 e. The average molecular weight is 150 g/mol. The van der Waals surface area contributed by atoms with Crippen molar-refractivity contribution in [1.29, 1.82) is 0 Å². The molecule has 2 atom stereocenters. The van der Waals surface area contributed by atoms with E-state index in [0.29, 0.717) is 0 Å². The molecule has 0 aromatic rings. The van der Waals surface area contributed by atoms with Gasteiger partial charge in [0.2, 0.25) is 0 Å². The molecular weight excluding hydrogens is 134 g/mol. The third-order valence-corrected chi connectivity index (χ3v) is 1.99. The standard InChI is InChI=1S/C6H16P2/c1-6(2-4-7)3-5-8/h6H,2-5,7-8H2,1H3. The maximum atomic E-state index is 2.77. The van der Waals surface area contributed by atoms with E-state index in [-0.39, 0.29) is 0 Å². The molecule has 2 heteroatoms. The first kappa shape index (κ1) is 8.86. The van der Waals surface area contributed by atoms with Crippen molar-refractivity contribution in [2.75, 3.05) is 12.3 Å². The van der Waals surface area contributed by atoms with Crippen molar-refractivity contribution in [3.63, 3.8) is 0 Å². The van der Waals surface area contributed by atoms with Gasteiger partial charge in [-0.2, -0.15) is 0 Å². The fourth-order valence-electron chi connectivity index (χ4n) is 0.713. The minimum atomic E-state index is 0.921. The summed E-state index contributed by atoms with van der Waals surface area (Å²) in [7, 11) is 5.53. The fourth-order valence-corrected chi connectivity index (χ4v) is 1.85. The molecule has 50 valence electrons. The SMILES string of the molecule is CC(CCP)CCP. The first-order chi connectivity index (χ1) is 3.81. The Kier molecular flexibility index (Phi) is 6.63. The first-order valence-electron chi connectivity index (χ1n) is 3.21. The van der Waals surface area contributed by atoms with Gasteiger partial charge in [-0.05, 0) is 31.1 Å². The Bertz CT molecular complexity index is 39.8. The first-order valence-corrected chi connectivity index (χ1v) is 4.84. The van der Waals surface area contributed by atoms with E-state index in [0.717, 1.165) is 5.92 Å². The van der Waals surface area contributed by atoms with Gasteiger partial charge in [-0.25, -0.2) is 0 Å². The second-order valence-electron chi connectivity index (χ2n) is 2.26. The lowest BCUT2D eigenvalue weighted by Gasteiger charge is -2.05. The molecule has 0 aliphatic heterocycles. The molecule has 0 saturated carbocycles. The summed E-state index contributed by atoms with van der Waals surface area (Å²) in [5.41, 5.74) is 0. The van der Waals surface area contributed by atoms with Crippen molar-refractivity contribution in [1.82, 2.24) is 0 Å². The molecule has 2 unspecified atom stereocenters. The van der Waals surface area contributed by atoms with Crippen LogP contribution in [-0.4, -0.2) is 12.3 Å². The van der Waals surface area contributed by atoms with Crippen LogP contribution >= 0.6 is 18.5 Å². The van der Waals surface area contributed by atoms with Crippen molar-refractivity contribution in [2.24, 2.45) is 5.92 Å². The van der Waals surface area contributed by atoms with E-state index in [4.69, 9.17) is 0 Å². The largest absolute Gasteiger partial charge is 0.138 e. The highest BCUT2D eigenvalue weighted by atomic mass is 31.0. The normalized spacial score (nSPS) is 10.5. The van der Waals surface area contributed by atoms with Gasteiger partial charge in [-0.15, -0.1) is 18.5 Å². The molecule has 0 heterocycles. The Morgan fingerprint density at radius 3 is 1.75 bits per heavy atom. The van der Waals surface area contributed by atoms with Gasteiger partial charge in [0, 0.05) is 0 Å². The zero-order valence-corrected chi connectivity index (χ0v) is 7.87. The summed E-state index contributed by atoms with van der Waals surface area (Å²) in [6, 6.07) is 0. The van der Waals surface area contributed by atoms with Crippen LogP contribution in [-0.2, 0) is 0 Å². The molecule has 0 saturated heterocycles. The van der Waals surface area contributed by atoms with E-state index < -0.39 is 0 Å². The summed E-state index contributed by atoms with van der Waals surface area (Å²) in [4.78, 5) is 0. The van der Waals surface area contributed by atoms with Crippen LogP contribution in [0, 0.1) is 5.92 Å². The molecule has 0 nitrogen and oxygen atoms in total. The molecule has 0 radical (unpaired) electrons. The molecule has 0 amide bonds. The van der Waals surface area contributed by atoms with Crippen LogP contribution in [0.5, 0.6) is 0 Å². The molecule has 0 spiro atoms. The quantitative estimate of drug-likeness (QED) is 0.538. The van der Waals surface area contributed by atoms with Gasteiger partial charge in [0.1, 0.15) is 0 Å². The van der Waals surface area contributed by atoms with Crippen LogP contribution in [0.1, 0.15) is 19.8 Å². The third-order valence-electron chi connectivity index (χ3n) is 1.32.